The molecule has 7 nitrogen and oxygen atoms in total. The first-order valence-electron chi connectivity index (χ1n) is 9.46. The zero-order chi connectivity index (χ0) is 22.5. The smallest absolute Gasteiger partial charge is 0.279 e. The molecule has 0 unspecified atom stereocenters. The predicted octanol–water partition coefficient (Wildman–Crippen LogP) is 4.61. The van der Waals surface area contributed by atoms with Gasteiger partial charge < -0.3 is 4.52 Å². The van der Waals surface area contributed by atoms with Gasteiger partial charge in [0.05, 0.1) is 16.1 Å². The number of amides is 2. The molecule has 10 heteroatoms. The van der Waals surface area contributed by atoms with Crippen molar-refractivity contribution in [2.24, 2.45) is 0 Å². The molecule has 0 fully saturated rings. The van der Waals surface area contributed by atoms with Crippen LogP contribution < -0.4 is 10.9 Å². The summed E-state index contributed by atoms with van der Waals surface area (Å²) in [5.74, 6) is -0.0653. The summed E-state index contributed by atoms with van der Waals surface area (Å²) in [4.78, 5) is 30.6. The molecule has 3 heterocycles. The molecule has 0 bridgehead atoms. The molecule has 0 aliphatic carbocycles. The number of aryl methyl sites for hydroxylation is 1. The number of thioether (sulfide) groups is 1. The molecule has 4 aromatic rings. The summed E-state index contributed by atoms with van der Waals surface area (Å²) in [7, 11) is 0. The Labute approximate surface area is 191 Å². The molecule has 0 radical (unpaired) electrons. The topological polar surface area (TPSA) is 97.1 Å². The van der Waals surface area contributed by atoms with Crippen molar-refractivity contribution in [3.05, 3.63) is 88.5 Å². The molecule has 3 aromatic heterocycles. The molecule has 0 aliphatic rings. The van der Waals surface area contributed by atoms with Crippen molar-refractivity contribution in [1.82, 2.24) is 21.0 Å². The van der Waals surface area contributed by atoms with E-state index in [1.54, 1.807) is 49.5 Å². The van der Waals surface area contributed by atoms with Gasteiger partial charge in [-0.1, -0.05) is 29.1 Å². The highest BCUT2D eigenvalue weighted by Gasteiger charge is 2.16. The number of carbonyl (C=O) groups is 2. The van der Waals surface area contributed by atoms with Crippen LogP contribution in [0.2, 0.25) is 0 Å². The van der Waals surface area contributed by atoms with Crippen molar-refractivity contribution >= 4 is 34.9 Å². The fourth-order valence-corrected chi connectivity index (χ4v) is 4.56. The fraction of sp³-hybridized carbons (Fsp3) is 0.0909. The van der Waals surface area contributed by atoms with Crippen LogP contribution >= 0.6 is 23.1 Å². The molecule has 0 aliphatic heterocycles. The SMILES string of the molecule is Cc1cc(CSc2ncccc2C(=O)NNC(=O)c2ccc(-c3ccc(F)cc3)s2)no1. The number of rotatable bonds is 6. The van der Waals surface area contributed by atoms with E-state index < -0.39 is 11.8 Å². The van der Waals surface area contributed by atoms with Crippen LogP contribution in [0, 0.1) is 12.7 Å². The lowest BCUT2D eigenvalue weighted by atomic mass is 10.2. The van der Waals surface area contributed by atoms with Gasteiger partial charge in [-0.15, -0.1) is 11.3 Å². The molecule has 4 rings (SSSR count). The first kappa shape index (κ1) is 21.7. The first-order chi connectivity index (χ1) is 15.5. The Balaban J connectivity index is 1.37. The zero-order valence-corrected chi connectivity index (χ0v) is 18.4. The van der Waals surface area contributed by atoms with Crippen LogP contribution in [-0.2, 0) is 5.75 Å². The molecule has 2 N–H and O–H groups in total. The van der Waals surface area contributed by atoms with Crippen LogP contribution in [0.3, 0.4) is 0 Å². The summed E-state index contributed by atoms with van der Waals surface area (Å²) in [5, 5.41) is 4.44. The van der Waals surface area contributed by atoms with E-state index in [4.69, 9.17) is 4.52 Å². The van der Waals surface area contributed by atoms with Gasteiger partial charge in [0.25, 0.3) is 11.8 Å². The Bertz CT molecular complexity index is 1250. The average Bonchev–Trinajstić information content (AvgIpc) is 3.46. The van der Waals surface area contributed by atoms with Crippen LogP contribution in [0.15, 0.2) is 70.3 Å². The number of aromatic nitrogens is 2. The van der Waals surface area contributed by atoms with Crippen LogP contribution in [-0.4, -0.2) is 22.0 Å². The number of hydrazine groups is 1. The lowest BCUT2D eigenvalue weighted by molar-refractivity contribution is 0.0847. The molecule has 32 heavy (non-hydrogen) atoms. The number of pyridine rings is 1. The third-order valence-corrected chi connectivity index (χ3v) is 6.47. The first-order valence-corrected chi connectivity index (χ1v) is 11.3. The van der Waals surface area contributed by atoms with E-state index in [9.17, 15) is 14.0 Å². The van der Waals surface area contributed by atoms with Crippen LogP contribution in [0.4, 0.5) is 4.39 Å². The van der Waals surface area contributed by atoms with E-state index >= 15 is 0 Å². The third-order valence-electron chi connectivity index (χ3n) is 4.30. The Morgan fingerprint density at radius 1 is 1.09 bits per heavy atom. The minimum Gasteiger partial charge on any atom is -0.361 e. The van der Waals surface area contributed by atoms with Gasteiger partial charge in [0, 0.05) is 22.9 Å². The lowest BCUT2D eigenvalue weighted by Crippen LogP contribution is -2.41. The van der Waals surface area contributed by atoms with Crippen LogP contribution in [0.5, 0.6) is 0 Å². The summed E-state index contributed by atoms with van der Waals surface area (Å²) >= 11 is 2.58. The van der Waals surface area contributed by atoms with Crippen molar-refractivity contribution in [2.45, 2.75) is 17.7 Å². The largest absolute Gasteiger partial charge is 0.361 e. The standard InChI is InChI=1S/C22H17FN4O3S2/c1-13-11-16(27-30-13)12-31-22-17(3-2-10-24-22)20(28)25-26-21(29)19-9-8-18(32-19)14-4-6-15(23)7-5-14/h2-11H,12H2,1H3,(H,25,28)(H,26,29). The van der Waals surface area contributed by atoms with Crippen molar-refractivity contribution in [3.8, 4) is 10.4 Å². The highest BCUT2D eigenvalue weighted by atomic mass is 32.2. The zero-order valence-electron chi connectivity index (χ0n) is 16.8. The van der Waals surface area contributed by atoms with Gasteiger partial charge >= 0.3 is 0 Å². The lowest BCUT2D eigenvalue weighted by Gasteiger charge is -2.09. The number of halogens is 1. The maximum atomic E-state index is 13.1. The Morgan fingerprint density at radius 3 is 2.62 bits per heavy atom. The van der Waals surface area contributed by atoms with Crippen molar-refractivity contribution < 1.29 is 18.5 Å². The third kappa shape index (κ3) is 5.21. The highest BCUT2D eigenvalue weighted by Crippen LogP contribution is 2.28. The van der Waals surface area contributed by atoms with Crippen molar-refractivity contribution in [1.29, 1.82) is 0 Å². The molecular weight excluding hydrogens is 451 g/mol. The second-order valence-electron chi connectivity index (χ2n) is 6.65. The second kappa shape index (κ2) is 9.75. The molecule has 0 atom stereocenters. The number of hydrogen-bond acceptors (Lipinski definition) is 7. The monoisotopic (exact) mass is 468 g/mol. The van der Waals surface area contributed by atoms with Gasteiger partial charge in [0.2, 0.25) is 0 Å². The maximum Gasteiger partial charge on any atom is 0.279 e. The summed E-state index contributed by atoms with van der Waals surface area (Å²) in [6.07, 6.45) is 1.59. The Morgan fingerprint density at radius 2 is 1.88 bits per heavy atom. The fourth-order valence-electron chi connectivity index (χ4n) is 2.78. The van der Waals surface area contributed by atoms with Gasteiger partial charge in [-0.25, -0.2) is 9.37 Å². The van der Waals surface area contributed by atoms with E-state index in [-0.39, 0.29) is 5.82 Å². The number of benzene rings is 1. The molecular formula is C22H17FN4O3S2. The minimum atomic E-state index is -0.486. The Hall–Kier alpha value is -3.50. The van der Waals surface area contributed by atoms with Gasteiger partial charge in [-0.2, -0.15) is 0 Å². The summed E-state index contributed by atoms with van der Waals surface area (Å²) in [6, 6.07) is 14.5. The maximum absolute atomic E-state index is 13.1. The van der Waals surface area contributed by atoms with Gasteiger partial charge in [-0.05, 0) is 48.9 Å². The normalized spacial score (nSPS) is 10.7. The number of thiophene rings is 1. The van der Waals surface area contributed by atoms with Gasteiger partial charge in [0.15, 0.2) is 0 Å². The molecule has 1 aromatic carbocycles. The summed E-state index contributed by atoms with van der Waals surface area (Å²) in [6.45, 7) is 1.81. The average molecular weight is 469 g/mol. The molecule has 0 saturated carbocycles. The number of nitrogens with one attached hydrogen (secondary N) is 2. The molecule has 0 saturated heterocycles. The number of carbonyl (C=O) groups excluding carboxylic acids is 2. The van der Waals surface area contributed by atoms with Crippen LogP contribution in [0.1, 0.15) is 31.5 Å². The summed E-state index contributed by atoms with van der Waals surface area (Å²) < 4.78 is 18.1. The molecule has 2 amide bonds. The number of nitrogens with zero attached hydrogens (tertiary/aromatic N) is 2. The molecule has 162 valence electrons. The quantitative estimate of drug-likeness (QED) is 0.317. The van der Waals surface area contributed by atoms with Crippen molar-refractivity contribution in [2.75, 3.05) is 0 Å². The second-order valence-corrected chi connectivity index (χ2v) is 8.70. The summed E-state index contributed by atoms with van der Waals surface area (Å²) in [5.41, 5.74) is 6.73. The van der Waals surface area contributed by atoms with Gasteiger partial charge in [-0.3, -0.25) is 20.4 Å². The van der Waals surface area contributed by atoms with E-state index in [1.165, 1.54) is 35.2 Å². The minimum absolute atomic E-state index is 0.324. The van der Waals surface area contributed by atoms with Gasteiger partial charge in [0.1, 0.15) is 16.6 Å². The van der Waals surface area contributed by atoms with E-state index in [0.29, 0.717) is 27.0 Å². The van der Waals surface area contributed by atoms with E-state index in [0.717, 1.165) is 16.1 Å². The van der Waals surface area contributed by atoms with Crippen LogP contribution in [0.25, 0.3) is 10.4 Å². The van der Waals surface area contributed by atoms with E-state index in [1.807, 2.05) is 6.07 Å². The molecule has 0 spiro atoms. The highest BCUT2D eigenvalue weighted by molar-refractivity contribution is 7.98. The number of hydrogen-bond donors (Lipinski definition) is 2. The van der Waals surface area contributed by atoms with Crippen molar-refractivity contribution in [3.63, 3.8) is 0 Å². The Kier molecular flexibility index (Phi) is 6.62. The predicted molar refractivity (Wildman–Crippen MR) is 120 cm³/mol. The van der Waals surface area contributed by atoms with E-state index in [2.05, 4.69) is 21.0 Å².